The van der Waals surface area contributed by atoms with Crippen molar-refractivity contribution < 1.29 is 44.6 Å². The topological polar surface area (TPSA) is 0 Å². The van der Waals surface area contributed by atoms with Crippen molar-refractivity contribution in [2.24, 2.45) is 0 Å². The molecule has 0 saturated heterocycles. The molecule has 0 bridgehead atoms. The van der Waals surface area contributed by atoms with Crippen LogP contribution in [0.2, 0.25) is 0 Å². The van der Waals surface area contributed by atoms with E-state index in [0.717, 1.165) is 25.7 Å². The van der Waals surface area contributed by atoms with Crippen molar-refractivity contribution in [3.8, 4) is 0 Å². The van der Waals surface area contributed by atoms with Gasteiger partial charge in [0.15, 0.2) is 0 Å². The van der Waals surface area contributed by atoms with Crippen LogP contribution in [0, 0.1) is 13.5 Å². The molecule has 0 fully saturated rings. The van der Waals surface area contributed by atoms with Crippen LogP contribution in [0.15, 0.2) is 16.5 Å². The average molecular weight is 385 g/mol. The molecule has 0 rings (SSSR count). The Bertz CT molecular complexity index is 110. The van der Waals surface area contributed by atoms with Crippen molar-refractivity contribution >= 4 is 20.5 Å². The van der Waals surface area contributed by atoms with Crippen LogP contribution in [0.25, 0.3) is 0 Å². The third-order valence-corrected chi connectivity index (χ3v) is 1.02. The maximum Gasteiger partial charge on any atom is 2.00 e. The summed E-state index contributed by atoms with van der Waals surface area (Å²) in [4.78, 5) is 0. The van der Waals surface area contributed by atoms with Crippen LogP contribution < -0.4 is 24.8 Å². The van der Waals surface area contributed by atoms with Crippen molar-refractivity contribution in [3.05, 3.63) is 30.0 Å². The molecule has 0 aromatic carbocycles. The van der Waals surface area contributed by atoms with Gasteiger partial charge in [0.2, 0.25) is 0 Å². The molecule has 0 aromatic rings. The van der Waals surface area contributed by atoms with E-state index in [2.05, 4.69) is 0 Å². The van der Waals surface area contributed by atoms with E-state index in [1.165, 1.54) is 0 Å². The van der Waals surface area contributed by atoms with E-state index in [1.807, 2.05) is 0 Å². The molecule has 0 heterocycles. The van der Waals surface area contributed by atoms with Crippen molar-refractivity contribution in [2.75, 3.05) is 0 Å². The molecule has 0 aliphatic heterocycles. The summed E-state index contributed by atoms with van der Waals surface area (Å²) in [6.07, 6.45) is 1.73. The van der Waals surface area contributed by atoms with Crippen LogP contribution >= 0.6 is 0 Å². The standard InChI is InChI=1S/C5H8Si2.2ClH.Os/c1-4(6)3-5(2)7;;;/h1,3H,6-7H3;2*1H;/q;;;+2/p-2/b5-3+;;;. The van der Waals surface area contributed by atoms with E-state index in [-0.39, 0.29) is 44.6 Å². The molecular weight excluding hydrogens is 377 g/mol. The number of halogens is 2. The van der Waals surface area contributed by atoms with Crippen LogP contribution in [-0.2, 0) is 19.8 Å². The van der Waals surface area contributed by atoms with Gasteiger partial charge >= 0.3 is 19.8 Å². The minimum Gasteiger partial charge on any atom is -1.00 e. The summed E-state index contributed by atoms with van der Waals surface area (Å²) in [5.41, 5.74) is 0. The molecule has 0 atom stereocenters. The molecule has 0 nitrogen and oxygen atoms in total. The van der Waals surface area contributed by atoms with Crippen LogP contribution in [-0.4, -0.2) is 20.5 Å². The number of allylic oxidation sites excluding steroid dienone is 3. The largest absolute Gasteiger partial charge is 2.00 e. The molecule has 0 amide bonds. The summed E-state index contributed by atoms with van der Waals surface area (Å²) in [5.74, 6) is 0. The van der Waals surface area contributed by atoms with Crippen molar-refractivity contribution in [3.63, 3.8) is 0 Å². The fourth-order valence-electron chi connectivity index (χ4n) is 0.342. The smallest absolute Gasteiger partial charge is 1.00 e. The first-order valence-corrected chi connectivity index (χ1v) is 4.12. The predicted molar refractivity (Wildman–Crippen MR) is 39.0 cm³/mol. The first-order valence-electron chi connectivity index (χ1n) is 2.12. The molecule has 0 spiro atoms. The van der Waals surface area contributed by atoms with E-state index < -0.39 is 0 Å². The van der Waals surface area contributed by atoms with E-state index in [9.17, 15) is 0 Å². The van der Waals surface area contributed by atoms with E-state index in [1.54, 1.807) is 6.08 Å². The Labute approximate surface area is 94.6 Å². The Morgan fingerprint density at radius 2 is 1.60 bits per heavy atom. The molecule has 2 radical (unpaired) electrons. The summed E-state index contributed by atoms with van der Waals surface area (Å²) in [6, 6.07) is 0. The fraction of sp³-hybridized carbons (Fsp3) is 0. The Balaban J connectivity index is -0.0000000600. The summed E-state index contributed by atoms with van der Waals surface area (Å²) in [6.45, 7) is 12.2. The zero-order valence-corrected chi connectivity index (χ0v) is 13.8. The second kappa shape index (κ2) is 12.7. The first-order chi connectivity index (χ1) is 3.13. The van der Waals surface area contributed by atoms with Gasteiger partial charge in [-0.25, -0.2) is 5.20 Å². The van der Waals surface area contributed by atoms with Crippen LogP contribution in [0.3, 0.4) is 0 Å². The first kappa shape index (κ1) is 22.4. The normalized spacial score (nSPS) is 8.60. The molecular formula is C5H8Cl2OsSi2. The zero-order chi connectivity index (χ0) is 5.86. The zero-order valence-electron chi connectivity index (χ0n) is 5.76. The minimum absolute atomic E-state index is 0. The maximum absolute atomic E-state index is 6.95. The molecule has 0 saturated carbocycles. The van der Waals surface area contributed by atoms with Gasteiger partial charge in [0.25, 0.3) is 6.92 Å². The van der Waals surface area contributed by atoms with E-state index >= 15 is 0 Å². The molecule has 0 unspecified atom stereocenters. The molecule has 0 aliphatic rings. The summed E-state index contributed by atoms with van der Waals surface area (Å²) in [5, 5.41) is 1.53. The van der Waals surface area contributed by atoms with Gasteiger partial charge in [0.1, 0.15) is 0 Å². The summed E-state index contributed by atoms with van der Waals surface area (Å²) in [7, 11) is 1.70. The summed E-state index contributed by atoms with van der Waals surface area (Å²) < 4.78 is 0. The number of rotatable bonds is 1. The van der Waals surface area contributed by atoms with Crippen molar-refractivity contribution in [1.82, 2.24) is 0 Å². The second-order valence-electron chi connectivity index (χ2n) is 1.57. The second-order valence-corrected chi connectivity index (χ2v) is 3.80. The van der Waals surface area contributed by atoms with Crippen LogP contribution in [0.1, 0.15) is 0 Å². The van der Waals surface area contributed by atoms with Gasteiger partial charge < -0.3 is 24.8 Å². The maximum atomic E-state index is 6.95. The van der Waals surface area contributed by atoms with Gasteiger partial charge in [-0.3, -0.25) is 6.58 Å². The van der Waals surface area contributed by atoms with Gasteiger partial charge in [0, 0.05) is 10.2 Å². The third-order valence-electron chi connectivity index (χ3n) is 0.444. The molecule has 0 N–H and O–H groups in total. The van der Waals surface area contributed by atoms with Crippen molar-refractivity contribution in [1.29, 1.82) is 0 Å². The molecule has 10 heavy (non-hydrogen) atoms. The molecule has 0 aromatic heterocycles. The average Bonchev–Trinajstić information content (AvgIpc) is 1.27. The van der Waals surface area contributed by atoms with Gasteiger partial charge in [-0.15, -0.1) is 0 Å². The van der Waals surface area contributed by atoms with Gasteiger partial charge in [-0.1, -0.05) is 0 Å². The van der Waals surface area contributed by atoms with Gasteiger partial charge in [0.05, 0.1) is 0 Å². The monoisotopic (exact) mass is 386 g/mol. The van der Waals surface area contributed by atoms with Crippen molar-refractivity contribution in [2.45, 2.75) is 0 Å². The predicted octanol–water partition coefficient (Wildman–Crippen LogP) is -7.49. The van der Waals surface area contributed by atoms with Crippen LogP contribution in [0.4, 0.5) is 0 Å². The SMILES string of the molecule is [C+]/C([SiH3])=C\C(=[CH-])[SiH3].[Cl-].[Cl-].[Os+2]. The van der Waals surface area contributed by atoms with E-state index in [4.69, 9.17) is 13.5 Å². The van der Waals surface area contributed by atoms with Gasteiger partial charge in [-0.2, -0.15) is 6.08 Å². The van der Waals surface area contributed by atoms with Crippen LogP contribution in [0.5, 0.6) is 0 Å². The quantitative estimate of drug-likeness (QED) is 0.239. The summed E-state index contributed by atoms with van der Waals surface area (Å²) >= 11 is 0. The van der Waals surface area contributed by atoms with Gasteiger partial charge in [-0.05, 0) is 15.4 Å². The fourth-order valence-corrected chi connectivity index (χ4v) is 1.81. The third kappa shape index (κ3) is 23.0. The molecule has 5 heteroatoms. The Hall–Kier alpha value is 1.00. The Morgan fingerprint density at radius 3 is 1.60 bits per heavy atom. The number of hydrogen-bond acceptors (Lipinski definition) is 0. The Morgan fingerprint density at radius 1 is 1.30 bits per heavy atom. The molecule has 58 valence electrons. The minimum atomic E-state index is 0. The molecule has 0 aliphatic carbocycles. The van der Waals surface area contributed by atoms with E-state index in [0.29, 0.717) is 5.20 Å². The Kier molecular flexibility index (Phi) is 28.4. The number of hydrogen-bond donors (Lipinski definition) is 0.